The third kappa shape index (κ3) is 2.09. The number of rotatable bonds is 2. The van der Waals surface area contributed by atoms with Crippen LogP contribution in [0.15, 0.2) is 12.1 Å². The fourth-order valence-electron chi connectivity index (χ4n) is 0.915. The standard InChI is InChI=1S/C9H8ClNO3/c1-5(12)6-3-4-7(9(13)14-2)11-8(6)10/h3-4H,1-2H3. The molecule has 0 radical (unpaired) electrons. The number of nitrogens with zero attached hydrogens (tertiary/aromatic N) is 1. The van der Waals surface area contributed by atoms with Crippen LogP contribution in [0.2, 0.25) is 5.15 Å². The molecule has 1 aromatic rings. The zero-order valence-corrected chi connectivity index (χ0v) is 8.46. The van der Waals surface area contributed by atoms with Crippen molar-refractivity contribution < 1.29 is 14.3 Å². The summed E-state index contributed by atoms with van der Waals surface area (Å²) in [4.78, 5) is 25.7. The molecule has 0 aliphatic carbocycles. The normalized spacial score (nSPS) is 9.64. The van der Waals surface area contributed by atoms with Crippen molar-refractivity contribution in [2.45, 2.75) is 6.92 Å². The van der Waals surface area contributed by atoms with Gasteiger partial charge in [0, 0.05) is 0 Å². The van der Waals surface area contributed by atoms with Crippen molar-refractivity contribution in [3.05, 3.63) is 28.5 Å². The first-order chi connectivity index (χ1) is 6.56. The highest BCUT2D eigenvalue weighted by Crippen LogP contribution is 2.14. The van der Waals surface area contributed by atoms with Crippen LogP contribution in [0, 0.1) is 0 Å². The highest BCUT2D eigenvalue weighted by molar-refractivity contribution is 6.32. The van der Waals surface area contributed by atoms with E-state index in [0.29, 0.717) is 5.56 Å². The van der Waals surface area contributed by atoms with Gasteiger partial charge in [0.2, 0.25) is 0 Å². The minimum atomic E-state index is -0.581. The largest absolute Gasteiger partial charge is 0.464 e. The lowest BCUT2D eigenvalue weighted by Crippen LogP contribution is -2.06. The van der Waals surface area contributed by atoms with Crippen LogP contribution in [0.5, 0.6) is 0 Å². The molecule has 14 heavy (non-hydrogen) atoms. The first-order valence-corrected chi connectivity index (χ1v) is 4.20. The monoisotopic (exact) mass is 213 g/mol. The first kappa shape index (κ1) is 10.7. The SMILES string of the molecule is COC(=O)c1ccc(C(C)=O)c(Cl)n1. The summed E-state index contributed by atoms with van der Waals surface area (Å²) >= 11 is 5.69. The molecule has 4 nitrogen and oxygen atoms in total. The lowest BCUT2D eigenvalue weighted by atomic mass is 10.2. The summed E-state index contributed by atoms with van der Waals surface area (Å²) in [6.45, 7) is 1.38. The number of hydrogen-bond acceptors (Lipinski definition) is 4. The third-order valence-electron chi connectivity index (χ3n) is 1.62. The van der Waals surface area contributed by atoms with Gasteiger partial charge in [-0.05, 0) is 19.1 Å². The summed E-state index contributed by atoms with van der Waals surface area (Å²) in [5.41, 5.74) is 0.377. The van der Waals surface area contributed by atoms with Crippen LogP contribution in [-0.2, 0) is 4.74 Å². The van der Waals surface area contributed by atoms with E-state index in [1.165, 1.54) is 26.2 Å². The van der Waals surface area contributed by atoms with Gasteiger partial charge in [-0.15, -0.1) is 0 Å². The maximum Gasteiger partial charge on any atom is 0.356 e. The highest BCUT2D eigenvalue weighted by atomic mass is 35.5. The Hall–Kier alpha value is -1.42. The number of hydrogen-bond donors (Lipinski definition) is 0. The summed E-state index contributed by atoms with van der Waals surface area (Å²) in [6, 6.07) is 2.85. The lowest BCUT2D eigenvalue weighted by Gasteiger charge is -2.01. The van der Waals surface area contributed by atoms with Crippen molar-refractivity contribution in [1.82, 2.24) is 4.98 Å². The molecule has 0 aliphatic rings. The Labute approximate surface area is 85.9 Å². The molecule has 0 spiro atoms. The molecule has 5 heteroatoms. The van der Waals surface area contributed by atoms with Gasteiger partial charge in [0.15, 0.2) is 5.78 Å². The molecule has 0 bridgehead atoms. The van der Waals surface area contributed by atoms with E-state index in [4.69, 9.17) is 11.6 Å². The molecular weight excluding hydrogens is 206 g/mol. The maximum absolute atomic E-state index is 11.0. The van der Waals surface area contributed by atoms with E-state index >= 15 is 0 Å². The zero-order chi connectivity index (χ0) is 10.7. The topological polar surface area (TPSA) is 56.3 Å². The summed E-state index contributed by atoms with van der Waals surface area (Å²) in [5, 5.41) is 0.0143. The molecule has 0 aromatic carbocycles. The van der Waals surface area contributed by atoms with Crippen LogP contribution in [0.25, 0.3) is 0 Å². The van der Waals surface area contributed by atoms with Gasteiger partial charge in [0.25, 0.3) is 0 Å². The Morgan fingerprint density at radius 2 is 2.07 bits per heavy atom. The zero-order valence-electron chi connectivity index (χ0n) is 7.70. The van der Waals surface area contributed by atoms with E-state index in [1.807, 2.05) is 0 Å². The van der Waals surface area contributed by atoms with Crippen molar-refractivity contribution in [1.29, 1.82) is 0 Å². The van der Waals surface area contributed by atoms with Crippen molar-refractivity contribution in [3.63, 3.8) is 0 Å². The van der Waals surface area contributed by atoms with Crippen molar-refractivity contribution in [2.75, 3.05) is 7.11 Å². The second-order valence-corrected chi connectivity index (χ2v) is 2.94. The number of carbonyl (C=O) groups excluding carboxylic acids is 2. The molecule has 1 heterocycles. The Bertz CT molecular complexity index is 390. The van der Waals surface area contributed by atoms with Crippen LogP contribution < -0.4 is 0 Å². The van der Waals surface area contributed by atoms with E-state index in [0.717, 1.165) is 0 Å². The molecule has 0 fully saturated rings. The maximum atomic E-state index is 11.0. The van der Waals surface area contributed by atoms with Crippen LogP contribution in [0.3, 0.4) is 0 Å². The van der Waals surface area contributed by atoms with Gasteiger partial charge in [-0.3, -0.25) is 4.79 Å². The minimum absolute atomic E-state index is 0.0143. The summed E-state index contributed by atoms with van der Waals surface area (Å²) < 4.78 is 4.45. The van der Waals surface area contributed by atoms with Gasteiger partial charge in [-0.2, -0.15) is 0 Å². The Morgan fingerprint density at radius 3 is 2.50 bits per heavy atom. The van der Waals surface area contributed by atoms with Crippen LogP contribution in [0.1, 0.15) is 27.8 Å². The number of esters is 1. The van der Waals surface area contributed by atoms with Crippen molar-refractivity contribution >= 4 is 23.4 Å². The smallest absolute Gasteiger partial charge is 0.356 e. The second-order valence-electron chi connectivity index (χ2n) is 2.58. The molecule has 1 rings (SSSR count). The van der Waals surface area contributed by atoms with Gasteiger partial charge < -0.3 is 4.74 Å². The van der Waals surface area contributed by atoms with Gasteiger partial charge >= 0.3 is 5.97 Å². The molecule has 0 unspecified atom stereocenters. The van der Waals surface area contributed by atoms with Crippen LogP contribution >= 0.6 is 11.6 Å². The summed E-state index contributed by atoms with van der Waals surface area (Å²) in [5.74, 6) is -0.777. The number of carbonyl (C=O) groups is 2. The lowest BCUT2D eigenvalue weighted by molar-refractivity contribution is 0.0593. The van der Waals surface area contributed by atoms with E-state index in [2.05, 4.69) is 9.72 Å². The second kappa shape index (κ2) is 4.19. The van der Waals surface area contributed by atoms with Crippen molar-refractivity contribution in [2.24, 2.45) is 0 Å². The molecule has 0 aliphatic heterocycles. The molecule has 0 saturated heterocycles. The Balaban J connectivity index is 3.12. The number of methoxy groups -OCH3 is 1. The van der Waals surface area contributed by atoms with E-state index in [-0.39, 0.29) is 16.6 Å². The molecule has 0 amide bonds. The van der Waals surface area contributed by atoms with Gasteiger partial charge in [0.05, 0.1) is 12.7 Å². The summed E-state index contributed by atoms with van der Waals surface area (Å²) in [7, 11) is 1.25. The van der Waals surface area contributed by atoms with E-state index in [1.54, 1.807) is 0 Å². The number of ketones is 1. The van der Waals surface area contributed by atoms with Gasteiger partial charge in [-0.1, -0.05) is 11.6 Å². The first-order valence-electron chi connectivity index (χ1n) is 3.82. The quantitative estimate of drug-likeness (QED) is 0.427. The molecule has 0 saturated carbocycles. The minimum Gasteiger partial charge on any atom is -0.464 e. The van der Waals surface area contributed by atoms with Gasteiger partial charge in [0.1, 0.15) is 10.8 Å². The number of aromatic nitrogens is 1. The number of pyridine rings is 1. The molecule has 74 valence electrons. The predicted molar refractivity (Wildman–Crippen MR) is 50.6 cm³/mol. The average molecular weight is 214 g/mol. The van der Waals surface area contributed by atoms with Crippen LogP contribution in [0.4, 0.5) is 0 Å². The molecule has 0 atom stereocenters. The highest BCUT2D eigenvalue weighted by Gasteiger charge is 2.12. The van der Waals surface area contributed by atoms with E-state index < -0.39 is 5.97 Å². The average Bonchev–Trinajstić information content (AvgIpc) is 2.15. The van der Waals surface area contributed by atoms with Crippen molar-refractivity contribution in [3.8, 4) is 0 Å². The Morgan fingerprint density at radius 1 is 1.43 bits per heavy atom. The molecular formula is C9H8ClNO3. The molecule has 1 aromatic heterocycles. The fourth-order valence-corrected chi connectivity index (χ4v) is 1.20. The number of halogens is 1. The van der Waals surface area contributed by atoms with Gasteiger partial charge in [-0.25, -0.2) is 9.78 Å². The molecule has 0 N–H and O–H groups in total. The number of ether oxygens (including phenoxy) is 1. The third-order valence-corrected chi connectivity index (χ3v) is 1.91. The number of Topliss-reactive ketones (excluding diaryl/α,β-unsaturated/α-hetero) is 1. The van der Waals surface area contributed by atoms with E-state index in [9.17, 15) is 9.59 Å². The summed E-state index contributed by atoms with van der Waals surface area (Å²) in [6.07, 6.45) is 0. The Kier molecular flexibility index (Phi) is 3.19. The fraction of sp³-hybridized carbons (Fsp3) is 0.222. The van der Waals surface area contributed by atoms with Crippen LogP contribution in [-0.4, -0.2) is 23.8 Å². The predicted octanol–water partition coefficient (Wildman–Crippen LogP) is 1.72.